The van der Waals surface area contributed by atoms with Crippen LogP contribution < -0.4 is 5.73 Å². The van der Waals surface area contributed by atoms with E-state index < -0.39 is 18.0 Å². The molecule has 2 aliphatic rings. The van der Waals surface area contributed by atoms with E-state index in [2.05, 4.69) is 0 Å². The molecule has 3 atom stereocenters. The molecule has 152 valence electrons. The predicted octanol–water partition coefficient (Wildman–Crippen LogP) is 2.72. The van der Waals surface area contributed by atoms with E-state index in [0.717, 1.165) is 51.1 Å². The number of hydrogen-bond acceptors (Lipinski definition) is 5. The van der Waals surface area contributed by atoms with Gasteiger partial charge in [0.15, 0.2) is 11.6 Å². The molecule has 0 bridgehead atoms. The number of methoxy groups -OCH3 is 1. The lowest BCUT2D eigenvalue weighted by Gasteiger charge is -2.42. The van der Waals surface area contributed by atoms with E-state index in [-0.39, 0.29) is 24.1 Å². The molecule has 3 rings (SSSR count). The number of nitrogens with two attached hydrogens (primary N) is 1. The van der Waals surface area contributed by atoms with Crippen molar-refractivity contribution in [1.82, 2.24) is 4.90 Å². The number of ether oxygens (including phenoxy) is 2. The number of piperidine rings is 1. The minimum atomic E-state index is -0.975. The summed E-state index contributed by atoms with van der Waals surface area (Å²) in [4.78, 5) is 1.85. The summed E-state index contributed by atoms with van der Waals surface area (Å²) in [6.07, 6.45) is 4.06. The predicted molar refractivity (Wildman–Crippen MR) is 98.0 cm³/mol. The number of likely N-dealkylation sites (tertiary alicyclic amines) is 1. The lowest BCUT2D eigenvalue weighted by atomic mass is 9.82. The summed E-state index contributed by atoms with van der Waals surface area (Å²) in [6, 6.07) is 4.24. The monoisotopic (exact) mass is 384 g/mol. The zero-order valence-corrected chi connectivity index (χ0v) is 15.8. The molecular formula is C20H30F2N2O3. The number of hydrogen-bond donors (Lipinski definition) is 2. The quantitative estimate of drug-likeness (QED) is 0.738. The van der Waals surface area contributed by atoms with Crippen LogP contribution in [0, 0.1) is 11.6 Å². The van der Waals surface area contributed by atoms with Crippen molar-refractivity contribution in [3.63, 3.8) is 0 Å². The van der Waals surface area contributed by atoms with Crippen LogP contribution in [0.2, 0.25) is 0 Å². The van der Waals surface area contributed by atoms with Crippen molar-refractivity contribution in [2.24, 2.45) is 5.73 Å². The lowest BCUT2D eigenvalue weighted by Crippen LogP contribution is -2.58. The van der Waals surface area contributed by atoms with Gasteiger partial charge in [-0.15, -0.1) is 0 Å². The standard InChI is InChI=1S/C20H30F2N2O3/c1-26-20(25)24-11-3-6-17(23)18(24)12-27-14-9-7-13(8-10-14)15-4-2-5-16(21)19(15)22/h2,4-5,13-14,17-18,20,25H,3,6-12,23H2,1H3/t13-,14+,17-,18-,20?/m0/s1. The van der Waals surface area contributed by atoms with Crippen LogP contribution in [0.1, 0.15) is 50.0 Å². The molecule has 1 saturated carbocycles. The summed E-state index contributed by atoms with van der Waals surface area (Å²) in [7, 11) is 1.47. The second kappa shape index (κ2) is 9.39. The molecule has 0 amide bonds. The van der Waals surface area contributed by atoms with Crippen LogP contribution in [0.4, 0.5) is 8.78 Å². The number of nitrogens with zero attached hydrogens (tertiary/aromatic N) is 1. The highest BCUT2D eigenvalue weighted by molar-refractivity contribution is 5.23. The van der Waals surface area contributed by atoms with E-state index >= 15 is 0 Å². The number of rotatable bonds is 6. The van der Waals surface area contributed by atoms with Gasteiger partial charge in [-0.25, -0.2) is 13.7 Å². The van der Waals surface area contributed by atoms with Gasteiger partial charge in [0.1, 0.15) is 0 Å². The maximum absolute atomic E-state index is 14.0. The van der Waals surface area contributed by atoms with Crippen LogP contribution >= 0.6 is 0 Å². The summed E-state index contributed by atoms with van der Waals surface area (Å²) in [5.74, 6) is -1.47. The second-order valence-electron chi connectivity index (χ2n) is 7.62. The Morgan fingerprint density at radius 2 is 1.96 bits per heavy atom. The Morgan fingerprint density at radius 1 is 1.22 bits per heavy atom. The Balaban J connectivity index is 1.52. The van der Waals surface area contributed by atoms with Crippen LogP contribution in [-0.2, 0) is 9.47 Å². The van der Waals surface area contributed by atoms with E-state index in [1.165, 1.54) is 7.11 Å². The maximum Gasteiger partial charge on any atom is 0.216 e. The van der Waals surface area contributed by atoms with Crippen LogP contribution in [-0.4, -0.2) is 54.9 Å². The summed E-state index contributed by atoms with van der Waals surface area (Å²) in [5.41, 5.74) is 6.71. The van der Waals surface area contributed by atoms with Crippen molar-refractivity contribution >= 4 is 0 Å². The van der Waals surface area contributed by atoms with Crippen LogP contribution in [0.5, 0.6) is 0 Å². The molecule has 1 aliphatic heterocycles. The van der Waals surface area contributed by atoms with Crippen molar-refractivity contribution in [1.29, 1.82) is 0 Å². The van der Waals surface area contributed by atoms with Crippen LogP contribution in [0.25, 0.3) is 0 Å². The molecule has 7 heteroatoms. The smallest absolute Gasteiger partial charge is 0.216 e. The van der Waals surface area contributed by atoms with Crippen LogP contribution in [0.15, 0.2) is 18.2 Å². The average molecular weight is 384 g/mol. The minimum Gasteiger partial charge on any atom is -0.377 e. The molecule has 3 N–H and O–H groups in total. The first kappa shape index (κ1) is 20.6. The van der Waals surface area contributed by atoms with Gasteiger partial charge in [0.2, 0.25) is 6.41 Å². The van der Waals surface area contributed by atoms with Crippen molar-refractivity contribution < 1.29 is 23.4 Å². The topological polar surface area (TPSA) is 68.0 Å². The number of aliphatic hydroxyl groups excluding tert-OH is 1. The molecule has 1 aromatic rings. The van der Waals surface area contributed by atoms with Crippen LogP contribution in [0.3, 0.4) is 0 Å². The Morgan fingerprint density at radius 3 is 2.67 bits per heavy atom. The molecule has 1 aliphatic carbocycles. The molecule has 27 heavy (non-hydrogen) atoms. The van der Waals surface area contributed by atoms with Gasteiger partial charge in [0.05, 0.1) is 18.8 Å². The highest BCUT2D eigenvalue weighted by Gasteiger charge is 2.34. The molecule has 0 spiro atoms. The summed E-state index contributed by atoms with van der Waals surface area (Å²) in [5, 5.41) is 10.0. The SMILES string of the molecule is COC(O)N1CCC[C@H](N)[C@@H]1CO[C@H]1CC[C@@H](c2cccc(F)c2F)CC1. The van der Waals surface area contributed by atoms with E-state index in [9.17, 15) is 13.9 Å². The van der Waals surface area contributed by atoms with Gasteiger partial charge in [0.25, 0.3) is 0 Å². The number of benzene rings is 1. The maximum atomic E-state index is 14.0. The Kier molecular flexibility index (Phi) is 7.16. The first-order valence-corrected chi connectivity index (χ1v) is 9.79. The zero-order chi connectivity index (χ0) is 19.4. The number of halogens is 2. The fraction of sp³-hybridized carbons (Fsp3) is 0.700. The molecule has 0 radical (unpaired) electrons. The van der Waals surface area contributed by atoms with Gasteiger partial charge >= 0.3 is 0 Å². The molecule has 5 nitrogen and oxygen atoms in total. The van der Waals surface area contributed by atoms with Gasteiger partial charge in [-0.3, -0.25) is 0 Å². The van der Waals surface area contributed by atoms with Crippen molar-refractivity contribution in [3.05, 3.63) is 35.4 Å². The zero-order valence-electron chi connectivity index (χ0n) is 15.8. The Bertz CT molecular complexity index is 611. The minimum absolute atomic E-state index is 0.0318. The van der Waals surface area contributed by atoms with E-state index in [1.807, 2.05) is 4.90 Å². The highest BCUT2D eigenvalue weighted by atomic mass is 19.2. The molecule has 1 unspecified atom stereocenters. The van der Waals surface area contributed by atoms with Crippen molar-refractivity contribution in [2.45, 2.75) is 69.0 Å². The molecule has 0 aromatic heterocycles. The Labute approximate surface area is 159 Å². The fourth-order valence-electron chi connectivity index (χ4n) is 4.35. The van der Waals surface area contributed by atoms with Gasteiger partial charge in [0, 0.05) is 19.7 Å². The lowest BCUT2D eigenvalue weighted by molar-refractivity contribution is -0.206. The van der Waals surface area contributed by atoms with Gasteiger partial charge in [-0.2, -0.15) is 0 Å². The normalized spacial score (nSPS) is 31.0. The molecule has 1 heterocycles. The van der Waals surface area contributed by atoms with Crippen molar-refractivity contribution in [3.8, 4) is 0 Å². The van der Waals surface area contributed by atoms with E-state index in [4.69, 9.17) is 15.2 Å². The molecular weight excluding hydrogens is 354 g/mol. The summed E-state index contributed by atoms with van der Waals surface area (Å²) >= 11 is 0. The third-order valence-corrected chi connectivity index (χ3v) is 5.97. The number of aliphatic hydroxyl groups is 1. The molecule has 1 aromatic carbocycles. The first-order chi connectivity index (χ1) is 13.0. The van der Waals surface area contributed by atoms with Gasteiger partial charge < -0.3 is 20.3 Å². The van der Waals surface area contributed by atoms with E-state index in [0.29, 0.717) is 12.2 Å². The fourth-order valence-corrected chi connectivity index (χ4v) is 4.35. The summed E-state index contributed by atoms with van der Waals surface area (Å²) in [6.45, 7) is 1.16. The summed E-state index contributed by atoms with van der Waals surface area (Å²) < 4.78 is 38.6. The van der Waals surface area contributed by atoms with E-state index in [1.54, 1.807) is 12.1 Å². The molecule has 2 fully saturated rings. The third-order valence-electron chi connectivity index (χ3n) is 5.97. The van der Waals surface area contributed by atoms with Gasteiger partial charge in [-0.05, 0) is 56.1 Å². The van der Waals surface area contributed by atoms with Gasteiger partial charge in [-0.1, -0.05) is 12.1 Å². The third kappa shape index (κ3) is 4.84. The second-order valence-corrected chi connectivity index (χ2v) is 7.62. The molecule has 1 saturated heterocycles. The highest BCUT2D eigenvalue weighted by Crippen LogP contribution is 2.36. The first-order valence-electron chi connectivity index (χ1n) is 9.79. The largest absolute Gasteiger partial charge is 0.377 e. The Hall–Kier alpha value is -1.12. The average Bonchev–Trinajstić information content (AvgIpc) is 2.69. The van der Waals surface area contributed by atoms with Crippen molar-refractivity contribution in [2.75, 3.05) is 20.3 Å².